The number of fused-ring (bicyclic) bond motifs is 1. The molecule has 1 heterocycles. The van der Waals surface area contributed by atoms with Crippen molar-refractivity contribution in [3.63, 3.8) is 0 Å². The number of benzene rings is 3. The highest BCUT2D eigenvalue weighted by Crippen LogP contribution is 2.37. The van der Waals surface area contributed by atoms with E-state index in [1.165, 1.54) is 23.4 Å². The Morgan fingerprint density at radius 3 is 2.50 bits per heavy atom. The summed E-state index contributed by atoms with van der Waals surface area (Å²) in [4.78, 5) is 15.1. The van der Waals surface area contributed by atoms with Crippen molar-refractivity contribution in [2.45, 2.75) is 32.8 Å². The van der Waals surface area contributed by atoms with Crippen molar-refractivity contribution in [2.24, 2.45) is 0 Å². The van der Waals surface area contributed by atoms with Crippen molar-refractivity contribution in [3.8, 4) is 0 Å². The maximum Gasteiger partial charge on any atom is 0.340 e. The van der Waals surface area contributed by atoms with Crippen molar-refractivity contribution < 1.29 is 13.9 Å². The normalized spacial score (nSPS) is 13.1. The second-order valence-corrected chi connectivity index (χ2v) is 8.39. The van der Waals surface area contributed by atoms with Gasteiger partial charge in [-0.2, -0.15) is 0 Å². The first-order chi connectivity index (χ1) is 14.3. The van der Waals surface area contributed by atoms with Gasteiger partial charge in [-0.05, 0) is 81.3 Å². The molecule has 0 bridgehead atoms. The smallest absolute Gasteiger partial charge is 0.340 e. The first kappa shape index (κ1) is 20.0. The summed E-state index contributed by atoms with van der Waals surface area (Å²) in [6, 6.07) is 20.1. The summed E-state index contributed by atoms with van der Waals surface area (Å²) in [6.07, 6.45) is 0.977. The third kappa shape index (κ3) is 4.30. The lowest BCUT2D eigenvalue weighted by Crippen LogP contribution is -2.24. The first-order valence-electron chi connectivity index (χ1n) is 10.1. The molecular formula is C25H25FN2O2. The average molecular weight is 404 g/mol. The second-order valence-electron chi connectivity index (χ2n) is 8.39. The van der Waals surface area contributed by atoms with Crippen LogP contribution in [0, 0.1) is 5.82 Å². The van der Waals surface area contributed by atoms with E-state index in [9.17, 15) is 9.18 Å². The van der Waals surface area contributed by atoms with Crippen molar-refractivity contribution in [2.75, 3.05) is 16.8 Å². The van der Waals surface area contributed by atoms with Crippen LogP contribution in [0.4, 0.5) is 27.1 Å². The summed E-state index contributed by atoms with van der Waals surface area (Å²) < 4.78 is 18.9. The molecule has 1 aliphatic heterocycles. The summed E-state index contributed by atoms with van der Waals surface area (Å²) in [5, 5.41) is 3.26. The van der Waals surface area contributed by atoms with Crippen molar-refractivity contribution in [1.82, 2.24) is 0 Å². The second kappa shape index (κ2) is 7.82. The van der Waals surface area contributed by atoms with Crippen molar-refractivity contribution in [3.05, 3.63) is 83.7 Å². The molecule has 0 aromatic heterocycles. The summed E-state index contributed by atoms with van der Waals surface area (Å²) in [6.45, 7) is 6.40. The minimum absolute atomic E-state index is 0.310. The monoisotopic (exact) mass is 404 g/mol. The molecular weight excluding hydrogens is 379 g/mol. The lowest BCUT2D eigenvalue weighted by Gasteiger charge is -2.24. The summed E-state index contributed by atoms with van der Waals surface area (Å²) in [5.41, 5.74) is 4.62. The molecule has 0 spiro atoms. The van der Waals surface area contributed by atoms with E-state index >= 15 is 0 Å². The quantitative estimate of drug-likeness (QED) is 0.524. The van der Waals surface area contributed by atoms with Crippen molar-refractivity contribution >= 4 is 28.7 Å². The van der Waals surface area contributed by atoms with Crippen molar-refractivity contribution in [1.29, 1.82) is 0 Å². The van der Waals surface area contributed by atoms with E-state index in [1.54, 1.807) is 18.2 Å². The molecule has 0 saturated carbocycles. The molecule has 0 amide bonds. The maximum absolute atomic E-state index is 13.3. The summed E-state index contributed by atoms with van der Waals surface area (Å²) >= 11 is 0. The predicted molar refractivity (Wildman–Crippen MR) is 118 cm³/mol. The molecule has 0 aliphatic carbocycles. The minimum atomic E-state index is -0.600. The third-order valence-corrected chi connectivity index (χ3v) is 4.94. The zero-order valence-electron chi connectivity index (χ0n) is 17.4. The molecule has 3 aromatic carbocycles. The summed E-state index contributed by atoms with van der Waals surface area (Å²) in [7, 11) is 0. The number of hydrogen-bond acceptors (Lipinski definition) is 4. The van der Waals surface area contributed by atoms with Gasteiger partial charge in [-0.15, -0.1) is 0 Å². The van der Waals surface area contributed by atoms with Gasteiger partial charge in [0.15, 0.2) is 0 Å². The lowest BCUT2D eigenvalue weighted by molar-refractivity contribution is 0.00708. The van der Waals surface area contributed by atoms with E-state index in [0.29, 0.717) is 16.9 Å². The zero-order chi connectivity index (χ0) is 21.3. The molecule has 5 heteroatoms. The van der Waals surface area contributed by atoms with Crippen LogP contribution in [-0.4, -0.2) is 18.1 Å². The van der Waals surface area contributed by atoms with E-state index in [2.05, 4.69) is 28.4 Å². The molecule has 0 fully saturated rings. The topological polar surface area (TPSA) is 41.6 Å². The standard InChI is InChI=1S/C25H25FN2O2/c1-25(2,3)30-24(29)21-13-12-20(28-15-14-17-6-4-5-7-23(17)28)16-22(21)27-19-10-8-18(26)9-11-19/h4-13,16,27H,14-15H2,1-3H3. The molecule has 0 saturated heterocycles. The van der Waals surface area contributed by atoms with Crippen LogP contribution in [0.15, 0.2) is 66.7 Å². The fraction of sp³-hybridized carbons (Fsp3) is 0.240. The Morgan fingerprint density at radius 2 is 1.77 bits per heavy atom. The Hall–Kier alpha value is -3.34. The van der Waals surface area contributed by atoms with Gasteiger partial charge < -0.3 is 15.0 Å². The molecule has 3 aromatic rings. The number of nitrogens with one attached hydrogen (secondary N) is 1. The number of hydrogen-bond donors (Lipinski definition) is 1. The zero-order valence-corrected chi connectivity index (χ0v) is 17.4. The van der Waals surface area contributed by atoms with Crippen LogP contribution in [0.25, 0.3) is 0 Å². The van der Waals surface area contributed by atoms with Crippen LogP contribution in [0.3, 0.4) is 0 Å². The number of ether oxygens (including phenoxy) is 1. The van der Waals surface area contributed by atoms with E-state index in [4.69, 9.17) is 4.74 Å². The first-order valence-corrected chi connectivity index (χ1v) is 10.1. The number of halogens is 1. The highest BCUT2D eigenvalue weighted by Gasteiger charge is 2.24. The molecule has 0 atom stereocenters. The maximum atomic E-state index is 13.3. The third-order valence-electron chi connectivity index (χ3n) is 4.94. The fourth-order valence-corrected chi connectivity index (χ4v) is 3.61. The fourth-order valence-electron chi connectivity index (χ4n) is 3.61. The Labute approximate surface area is 176 Å². The Kier molecular flexibility index (Phi) is 5.20. The Morgan fingerprint density at radius 1 is 1.03 bits per heavy atom. The molecule has 1 aliphatic rings. The van der Waals surface area contributed by atoms with Gasteiger partial charge in [0.25, 0.3) is 0 Å². The number of carbonyl (C=O) groups excluding carboxylic acids is 1. The molecule has 1 N–H and O–H groups in total. The van der Waals surface area contributed by atoms with Gasteiger partial charge in [0.2, 0.25) is 0 Å². The van der Waals surface area contributed by atoms with Gasteiger partial charge in [0.05, 0.1) is 11.3 Å². The van der Waals surface area contributed by atoms with E-state index < -0.39 is 11.6 Å². The average Bonchev–Trinajstić information content (AvgIpc) is 3.12. The Balaban J connectivity index is 1.72. The summed E-state index contributed by atoms with van der Waals surface area (Å²) in [5.74, 6) is -0.712. The SMILES string of the molecule is CC(C)(C)OC(=O)c1ccc(N2CCc3ccccc32)cc1Nc1ccc(F)cc1. The number of esters is 1. The van der Waals surface area contributed by atoms with Crippen LogP contribution in [-0.2, 0) is 11.2 Å². The van der Waals surface area contributed by atoms with E-state index in [-0.39, 0.29) is 5.82 Å². The lowest BCUT2D eigenvalue weighted by atomic mass is 10.1. The van der Waals surface area contributed by atoms with Crippen LogP contribution in [0.5, 0.6) is 0 Å². The van der Waals surface area contributed by atoms with Crippen LogP contribution >= 0.6 is 0 Å². The van der Waals surface area contributed by atoms with Gasteiger partial charge in [-0.25, -0.2) is 9.18 Å². The molecule has 0 unspecified atom stereocenters. The molecule has 154 valence electrons. The highest BCUT2D eigenvalue weighted by atomic mass is 19.1. The predicted octanol–water partition coefficient (Wildman–Crippen LogP) is 6.22. The largest absolute Gasteiger partial charge is 0.456 e. The van der Waals surface area contributed by atoms with E-state index in [0.717, 1.165) is 18.7 Å². The minimum Gasteiger partial charge on any atom is -0.456 e. The number of rotatable bonds is 4. The molecule has 4 nitrogen and oxygen atoms in total. The van der Waals surface area contributed by atoms with Crippen LogP contribution in [0.2, 0.25) is 0 Å². The number of para-hydroxylation sites is 1. The van der Waals surface area contributed by atoms with E-state index in [1.807, 2.05) is 39.0 Å². The Bertz CT molecular complexity index is 1070. The molecule has 4 rings (SSSR count). The molecule has 0 radical (unpaired) electrons. The van der Waals surface area contributed by atoms with Crippen LogP contribution < -0.4 is 10.2 Å². The van der Waals surface area contributed by atoms with Gasteiger partial charge in [0.1, 0.15) is 11.4 Å². The van der Waals surface area contributed by atoms with Gasteiger partial charge in [0, 0.05) is 23.6 Å². The van der Waals surface area contributed by atoms with Gasteiger partial charge in [-0.3, -0.25) is 0 Å². The van der Waals surface area contributed by atoms with Gasteiger partial charge in [-0.1, -0.05) is 18.2 Å². The number of nitrogens with zero attached hydrogens (tertiary/aromatic N) is 1. The molecule has 30 heavy (non-hydrogen) atoms. The number of anilines is 4. The van der Waals surface area contributed by atoms with Crippen LogP contribution in [0.1, 0.15) is 36.7 Å². The number of carbonyl (C=O) groups is 1. The van der Waals surface area contributed by atoms with Gasteiger partial charge >= 0.3 is 5.97 Å². The highest BCUT2D eigenvalue weighted by molar-refractivity contribution is 5.98.